The highest BCUT2D eigenvalue weighted by molar-refractivity contribution is 5.96. The molecule has 0 saturated carbocycles. The number of anilines is 2. The SMILES string of the molecule is CCN(C(=O)CN(C)CCOc1ccccc1F)c1c(N)n(Cc2ccccc2)c(=O)[nH]c1=O. The van der Waals surface area contributed by atoms with Crippen LogP contribution in [0.3, 0.4) is 0 Å². The summed E-state index contributed by atoms with van der Waals surface area (Å²) in [5.41, 5.74) is 5.58. The molecule has 3 rings (SSSR count). The number of benzene rings is 2. The molecule has 10 heteroatoms. The van der Waals surface area contributed by atoms with Crippen molar-refractivity contribution in [3.63, 3.8) is 0 Å². The fourth-order valence-electron chi connectivity index (χ4n) is 3.49. The molecule has 0 spiro atoms. The molecule has 180 valence electrons. The summed E-state index contributed by atoms with van der Waals surface area (Å²) >= 11 is 0. The Morgan fingerprint density at radius 3 is 2.47 bits per heavy atom. The summed E-state index contributed by atoms with van der Waals surface area (Å²) in [5, 5.41) is 0. The quantitative estimate of drug-likeness (QED) is 0.467. The van der Waals surface area contributed by atoms with E-state index in [0.29, 0.717) is 6.54 Å². The first-order valence-electron chi connectivity index (χ1n) is 10.8. The van der Waals surface area contributed by atoms with E-state index < -0.39 is 17.1 Å². The molecular formula is C24H28FN5O4. The predicted molar refractivity (Wildman–Crippen MR) is 129 cm³/mol. The largest absolute Gasteiger partial charge is 0.489 e. The number of halogens is 1. The van der Waals surface area contributed by atoms with Gasteiger partial charge in [0.2, 0.25) is 5.91 Å². The molecule has 2 aromatic carbocycles. The maximum absolute atomic E-state index is 13.7. The van der Waals surface area contributed by atoms with Gasteiger partial charge in [-0.3, -0.25) is 24.0 Å². The number of hydrogen-bond donors (Lipinski definition) is 2. The zero-order valence-corrected chi connectivity index (χ0v) is 19.2. The summed E-state index contributed by atoms with van der Waals surface area (Å²) in [7, 11) is 1.71. The first-order chi connectivity index (χ1) is 16.3. The molecule has 0 aliphatic carbocycles. The summed E-state index contributed by atoms with van der Waals surface area (Å²) in [4.78, 5) is 43.2. The second-order valence-electron chi connectivity index (χ2n) is 7.72. The Morgan fingerprint density at radius 2 is 1.79 bits per heavy atom. The van der Waals surface area contributed by atoms with Crippen LogP contribution in [0.15, 0.2) is 64.2 Å². The molecule has 3 aromatic rings. The number of rotatable bonds is 10. The fourth-order valence-corrected chi connectivity index (χ4v) is 3.49. The van der Waals surface area contributed by atoms with Crippen LogP contribution in [0.4, 0.5) is 15.9 Å². The number of nitrogen functional groups attached to an aromatic ring is 1. The van der Waals surface area contributed by atoms with Crippen molar-refractivity contribution in [2.24, 2.45) is 0 Å². The molecule has 1 aromatic heterocycles. The van der Waals surface area contributed by atoms with E-state index in [1.807, 2.05) is 30.3 Å². The third-order valence-corrected chi connectivity index (χ3v) is 5.26. The molecule has 0 atom stereocenters. The van der Waals surface area contributed by atoms with E-state index in [1.165, 1.54) is 21.6 Å². The third-order valence-electron chi connectivity index (χ3n) is 5.26. The molecule has 0 radical (unpaired) electrons. The second-order valence-corrected chi connectivity index (χ2v) is 7.72. The molecule has 0 unspecified atom stereocenters. The monoisotopic (exact) mass is 469 g/mol. The summed E-state index contributed by atoms with van der Waals surface area (Å²) in [6, 6.07) is 15.2. The number of para-hydroxylation sites is 1. The highest BCUT2D eigenvalue weighted by atomic mass is 19.1. The number of ether oxygens (including phenoxy) is 1. The van der Waals surface area contributed by atoms with Crippen molar-refractivity contribution in [2.45, 2.75) is 13.5 Å². The lowest BCUT2D eigenvalue weighted by atomic mass is 10.2. The number of nitrogens with two attached hydrogens (primary N) is 1. The molecule has 0 aliphatic rings. The van der Waals surface area contributed by atoms with Crippen LogP contribution in [0.5, 0.6) is 5.75 Å². The van der Waals surface area contributed by atoms with Gasteiger partial charge in [-0.15, -0.1) is 0 Å². The van der Waals surface area contributed by atoms with Gasteiger partial charge in [-0.2, -0.15) is 0 Å². The van der Waals surface area contributed by atoms with Gasteiger partial charge in [0.15, 0.2) is 17.3 Å². The third kappa shape index (κ3) is 5.90. The minimum Gasteiger partial charge on any atom is -0.489 e. The number of aromatic nitrogens is 2. The molecule has 1 amide bonds. The van der Waals surface area contributed by atoms with Crippen molar-refractivity contribution in [1.29, 1.82) is 0 Å². The number of amides is 1. The molecule has 0 saturated heterocycles. The van der Waals surface area contributed by atoms with Gasteiger partial charge >= 0.3 is 5.69 Å². The van der Waals surface area contributed by atoms with Crippen molar-refractivity contribution in [1.82, 2.24) is 14.5 Å². The van der Waals surface area contributed by atoms with Crippen LogP contribution in [0, 0.1) is 5.82 Å². The molecule has 0 bridgehead atoms. The average Bonchev–Trinajstić information content (AvgIpc) is 2.81. The van der Waals surface area contributed by atoms with Crippen molar-refractivity contribution < 1.29 is 13.9 Å². The van der Waals surface area contributed by atoms with Crippen LogP contribution in [0.1, 0.15) is 12.5 Å². The highest BCUT2D eigenvalue weighted by Gasteiger charge is 2.24. The first kappa shape index (κ1) is 24.7. The normalized spacial score (nSPS) is 10.9. The van der Waals surface area contributed by atoms with Gasteiger partial charge in [-0.25, -0.2) is 9.18 Å². The average molecular weight is 470 g/mol. The number of carbonyl (C=O) groups is 1. The molecule has 0 aliphatic heterocycles. The molecule has 34 heavy (non-hydrogen) atoms. The van der Waals surface area contributed by atoms with Crippen molar-refractivity contribution >= 4 is 17.4 Å². The van der Waals surface area contributed by atoms with Crippen LogP contribution in [0.25, 0.3) is 0 Å². The van der Waals surface area contributed by atoms with E-state index in [2.05, 4.69) is 4.98 Å². The van der Waals surface area contributed by atoms with Gasteiger partial charge in [-0.1, -0.05) is 42.5 Å². The zero-order chi connectivity index (χ0) is 24.7. The van der Waals surface area contributed by atoms with E-state index in [4.69, 9.17) is 10.5 Å². The molecule has 1 heterocycles. The van der Waals surface area contributed by atoms with Crippen LogP contribution in [-0.2, 0) is 11.3 Å². The lowest BCUT2D eigenvalue weighted by Crippen LogP contribution is -2.45. The van der Waals surface area contributed by atoms with Crippen molar-refractivity contribution in [2.75, 3.05) is 43.9 Å². The Labute approximate surface area is 196 Å². The number of hydrogen-bond acceptors (Lipinski definition) is 6. The summed E-state index contributed by atoms with van der Waals surface area (Å²) in [5.74, 6) is -0.785. The predicted octanol–water partition coefficient (Wildman–Crippen LogP) is 1.67. The summed E-state index contributed by atoms with van der Waals surface area (Å²) in [6.45, 7) is 2.51. The number of nitrogens with one attached hydrogen (secondary N) is 1. The van der Waals surface area contributed by atoms with Crippen LogP contribution in [-0.4, -0.2) is 53.6 Å². The first-order valence-corrected chi connectivity index (χ1v) is 10.8. The van der Waals surface area contributed by atoms with E-state index in [9.17, 15) is 18.8 Å². The fraction of sp³-hybridized carbons (Fsp3) is 0.292. The lowest BCUT2D eigenvalue weighted by Gasteiger charge is -2.25. The van der Waals surface area contributed by atoms with E-state index in [1.54, 1.807) is 31.0 Å². The zero-order valence-electron chi connectivity index (χ0n) is 19.2. The van der Waals surface area contributed by atoms with Crippen LogP contribution < -0.4 is 26.6 Å². The maximum Gasteiger partial charge on any atom is 0.330 e. The lowest BCUT2D eigenvalue weighted by molar-refractivity contribution is -0.119. The molecular weight excluding hydrogens is 441 g/mol. The Morgan fingerprint density at radius 1 is 1.12 bits per heavy atom. The van der Waals surface area contributed by atoms with Crippen molar-refractivity contribution in [3.8, 4) is 5.75 Å². The van der Waals surface area contributed by atoms with Gasteiger partial charge in [0, 0.05) is 13.1 Å². The molecule has 3 N–H and O–H groups in total. The smallest absolute Gasteiger partial charge is 0.330 e. The number of likely N-dealkylation sites (N-methyl/N-ethyl adjacent to an activating group) is 2. The minimum absolute atomic E-state index is 0.0365. The summed E-state index contributed by atoms with van der Waals surface area (Å²) in [6.07, 6.45) is 0. The number of aromatic amines is 1. The van der Waals surface area contributed by atoms with E-state index in [-0.39, 0.29) is 49.4 Å². The molecule has 0 fully saturated rings. The van der Waals surface area contributed by atoms with E-state index in [0.717, 1.165) is 5.56 Å². The highest BCUT2D eigenvalue weighted by Crippen LogP contribution is 2.18. The number of nitrogens with zero attached hydrogens (tertiary/aromatic N) is 3. The topological polar surface area (TPSA) is 114 Å². The van der Waals surface area contributed by atoms with Crippen LogP contribution >= 0.6 is 0 Å². The minimum atomic E-state index is -0.729. The number of carbonyl (C=O) groups excluding carboxylic acids is 1. The standard InChI is InChI=1S/C24H28FN5O4/c1-3-29(20(31)16-28(2)13-14-34-19-12-8-7-11-18(19)25)21-22(26)30(24(33)27-23(21)32)15-17-9-5-4-6-10-17/h4-12H,3,13-16,26H2,1-2H3,(H,27,32,33). The Balaban J connectivity index is 1.72. The Kier molecular flexibility index (Phi) is 8.20. The van der Waals surface area contributed by atoms with Gasteiger partial charge < -0.3 is 15.4 Å². The Bertz CT molecular complexity index is 1240. The maximum atomic E-state index is 13.7. The second kappa shape index (κ2) is 11.3. The van der Waals surface area contributed by atoms with Gasteiger partial charge in [0.25, 0.3) is 5.56 Å². The number of H-pyrrole nitrogens is 1. The van der Waals surface area contributed by atoms with E-state index >= 15 is 0 Å². The van der Waals surface area contributed by atoms with Crippen molar-refractivity contribution in [3.05, 3.63) is 86.8 Å². The van der Waals surface area contributed by atoms with Gasteiger partial charge in [-0.05, 0) is 31.7 Å². The van der Waals surface area contributed by atoms with Crippen LogP contribution in [0.2, 0.25) is 0 Å². The summed E-state index contributed by atoms with van der Waals surface area (Å²) < 4.78 is 20.3. The Hall–Kier alpha value is -3.92. The molecule has 9 nitrogen and oxygen atoms in total. The van der Waals surface area contributed by atoms with Gasteiger partial charge in [0.05, 0.1) is 13.1 Å². The van der Waals surface area contributed by atoms with Gasteiger partial charge in [0.1, 0.15) is 12.4 Å².